The molecule has 1 unspecified atom stereocenters. The third-order valence-electron chi connectivity index (χ3n) is 2.75. The summed E-state index contributed by atoms with van der Waals surface area (Å²) in [6.07, 6.45) is 0.556. The Bertz CT molecular complexity index is 453. The molecule has 0 bridgehead atoms. The molecule has 1 aliphatic rings. The van der Waals surface area contributed by atoms with Gasteiger partial charge in [-0.2, -0.15) is 17.9 Å². The third kappa shape index (κ3) is 2.05. The molecule has 82 valence electrons. The lowest BCUT2D eigenvalue weighted by atomic mass is 10.1. The monoisotopic (exact) mass is 232 g/mol. The van der Waals surface area contributed by atoms with Crippen molar-refractivity contribution in [2.75, 3.05) is 17.2 Å². The molecule has 1 atom stereocenters. The van der Waals surface area contributed by atoms with Crippen molar-refractivity contribution in [1.82, 2.24) is 0 Å². The number of benzene rings is 1. The van der Waals surface area contributed by atoms with Crippen molar-refractivity contribution in [3.05, 3.63) is 29.8 Å². The van der Waals surface area contributed by atoms with Crippen LogP contribution in [0.2, 0.25) is 0 Å². The van der Waals surface area contributed by atoms with Gasteiger partial charge in [0.15, 0.2) is 0 Å². The summed E-state index contributed by atoms with van der Waals surface area (Å²) >= 11 is 4.22. The van der Waals surface area contributed by atoms with Crippen LogP contribution >= 0.6 is 12.6 Å². The number of rotatable bonds is 2. The first-order valence-electron chi connectivity index (χ1n) is 5.16. The zero-order valence-electron chi connectivity index (χ0n) is 8.76. The van der Waals surface area contributed by atoms with E-state index < -0.39 is 0 Å². The molecule has 0 spiro atoms. The Labute approximate surface area is 100 Å². The molecule has 16 heavy (non-hydrogen) atoms. The number of anilines is 1. The zero-order valence-corrected chi connectivity index (χ0v) is 9.65. The molecule has 1 fully saturated rings. The summed E-state index contributed by atoms with van der Waals surface area (Å²) in [5.74, 6) is 1.16. The van der Waals surface area contributed by atoms with Gasteiger partial charge in [0.25, 0.3) is 0 Å². The standard InChI is InChI=1S/C12H12N2OS/c13-6-9-2-1-3-11(4-9)14-7-10(8-16)5-12(14)15/h1-4,10,16H,5,7-8H2. The summed E-state index contributed by atoms with van der Waals surface area (Å²) in [5.41, 5.74) is 1.40. The minimum atomic E-state index is 0.120. The van der Waals surface area contributed by atoms with Gasteiger partial charge in [0.05, 0.1) is 11.6 Å². The van der Waals surface area contributed by atoms with Crippen LogP contribution in [0.4, 0.5) is 5.69 Å². The third-order valence-corrected chi connectivity index (χ3v) is 3.27. The molecule has 2 rings (SSSR count). The second-order valence-electron chi connectivity index (χ2n) is 3.92. The largest absolute Gasteiger partial charge is 0.312 e. The van der Waals surface area contributed by atoms with Crippen LogP contribution < -0.4 is 4.90 Å². The van der Waals surface area contributed by atoms with E-state index in [0.29, 0.717) is 24.4 Å². The van der Waals surface area contributed by atoms with Crippen LogP contribution in [-0.2, 0) is 4.79 Å². The average molecular weight is 232 g/mol. The maximum Gasteiger partial charge on any atom is 0.227 e. The van der Waals surface area contributed by atoms with Crippen LogP contribution in [0.3, 0.4) is 0 Å². The number of carbonyl (C=O) groups is 1. The van der Waals surface area contributed by atoms with E-state index >= 15 is 0 Å². The smallest absolute Gasteiger partial charge is 0.227 e. The fraction of sp³-hybridized carbons (Fsp3) is 0.333. The van der Waals surface area contributed by atoms with Gasteiger partial charge < -0.3 is 4.90 Å². The van der Waals surface area contributed by atoms with Gasteiger partial charge in [-0.25, -0.2) is 0 Å². The normalized spacial score (nSPS) is 19.9. The van der Waals surface area contributed by atoms with Crippen molar-refractivity contribution in [3.63, 3.8) is 0 Å². The van der Waals surface area contributed by atoms with E-state index in [4.69, 9.17) is 5.26 Å². The van der Waals surface area contributed by atoms with Crippen LogP contribution in [-0.4, -0.2) is 18.2 Å². The zero-order chi connectivity index (χ0) is 11.5. The molecule has 1 heterocycles. The summed E-state index contributed by atoms with van der Waals surface area (Å²) in [7, 11) is 0. The van der Waals surface area contributed by atoms with Crippen molar-refractivity contribution in [3.8, 4) is 6.07 Å². The lowest BCUT2D eigenvalue weighted by Gasteiger charge is -2.16. The van der Waals surface area contributed by atoms with E-state index in [-0.39, 0.29) is 5.91 Å². The minimum Gasteiger partial charge on any atom is -0.312 e. The van der Waals surface area contributed by atoms with E-state index in [1.807, 2.05) is 6.07 Å². The minimum absolute atomic E-state index is 0.120. The molecule has 0 N–H and O–H groups in total. The molecule has 1 aromatic rings. The van der Waals surface area contributed by atoms with E-state index in [2.05, 4.69) is 18.7 Å². The SMILES string of the molecule is N#Cc1cccc(N2CC(CS)CC2=O)c1. The molecular weight excluding hydrogens is 220 g/mol. The number of hydrogen-bond donors (Lipinski definition) is 1. The van der Waals surface area contributed by atoms with Gasteiger partial charge in [-0.05, 0) is 29.9 Å². The van der Waals surface area contributed by atoms with Gasteiger partial charge in [0.1, 0.15) is 0 Å². The van der Waals surface area contributed by atoms with E-state index in [0.717, 1.165) is 11.4 Å². The highest BCUT2D eigenvalue weighted by Gasteiger charge is 2.29. The molecule has 0 aliphatic carbocycles. The topological polar surface area (TPSA) is 44.1 Å². The number of amides is 1. The first kappa shape index (κ1) is 11.0. The number of nitrogens with zero attached hydrogens (tertiary/aromatic N) is 2. The van der Waals surface area contributed by atoms with Crippen LogP contribution in [0.15, 0.2) is 24.3 Å². The molecular formula is C12H12N2OS. The predicted molar refractivity (Wildman–Crippen MR) is 65.5 cm³/mol. The van der Waals surface area contributed by atoms with Gasteiger partial charge in [0, 0.05) is 18.7 Å². The lowest BCUT2D eigenvalue weighted by molar-refractivity contribution is -0.117. The Kier molecular flexibility index (Phi) is 3.16. The van der Waals surface area contributed by atoms with E-state index in [1.165, 1.54) is 0 Å². The summed E-state index contributed by atoms with van der Waals surface area (Å²) < 4.78 is 0. The van der Waals surface area contributed by atoms with Crippen molar-refractivity contribution in [2.45, 2.75) is 6.42 Å². The van der Waals surface area contributed by atoms with Gasteiger partial charge in [0.2, 0.25) is 5.91 Å². The van der Waals surface area contributed by atoms with E-state index in [9.17, 15) is 4.79 Å². The summed E-state index contributed by atoms with van der Waals surface area (Å²) in [6, 6.07) is 9.22. The van der Waals surface area contributed by atoms with Crippen LogP contribution in [0.1, 0.15) is 12.0 Å². The first-order chi connectivity index (χ1) is 7.74. The number of nitriles is 1. The summed E-state index contributed by atoms with van der Waals surface area (Å²) in [5, 5.41) is 8.80. The number of hydrogen-bond acceptors (Lipinski definition) is 3. The molecule has 1 saturated heterocycles. The van der Waals surface area contributed by atoms with Crippen molar-refractivity contribution < 1.29 is 4.79 Å². The fourth-order valence-electron chi connectivity index (χ4n) is 1.90. The molecule has 0 radical (unpaired) electrons. The second kappa shape index (κ2) is 4.58. The Morgan fingerprint density at radius 2 is 2.38 bits per heavy atom. The lowest BCUT2D eigenvalue weighted by Crippen LogP contribution is -2.24. The van der Waals surface area contributed by atoms with E-state index in [1.54, 1.807) is 23.1 Å². The van der Waals surface area contributed by atoms with Gasteiger partial charge in [-0.3, -0.25) is 4.79 Å². The molecule has 1 amide bonds. The fourth-order valence-corrected chi connectivity index (χ4v) is 2.14. The number of thiol groups is 1. The highest BCUT2D eigenvalue weighted by molar-refractivity contribution is 7.80. The van der Waals surface area contributed by atoms with Gasteiger partial charge >= 0.3 is 0 Å². The maximum atomic E-state index is 11.8. The van der Waals surface area contributed by atoms with Crippen LogP contribution in [0, 0.1) is 17.2 Å². The van der Waals surface area contributed by atoms with Crippen LogP contribution in [0.25, 0.3) is 0 Å². The Hall–Kier alpha value is -1.47. The molecule has 4 heteroatoms. The summed E-state index contributed by atoms with van der Waals surface area (Å²) in [6.45, 7) is 0.706. The van der Waals surface area contributed by atoms with Crippen molar-refractivity contribution in [1.29, 1.82) is 5.26 Å². The molecule has 0 saturated carbocycles. The van der Waals surface area contributed by atoms with Crippen molar-refractivity contribution >= 4 is 24.2 Å². The average Bonchev–Trinajstić information content (AvgIpc) is 2.71. The van der Waals surface area contributed by atoms with Gasteiger partial charge in [-0.15, -0.1) is 0 Å². The van der Waals surface area contributed by atoms with Crippen molar-refractivity contribution in [2.24, 2.45) is 5.92 Å². The summed E-state index contributed by atoms with van der Waals surface area (Å²) in [4.78, 5) is 13.5. The number of carbonyl (C=O) groups excluding carboxylic acids is 1. The Morgan fingerprint density at radius 1 is 1.56 bits per heavy atom. The highest BCUT2D eigenvalue weighted by Crippen LogP contribution is 2.26. The second-order valence-corrected chi connectivity index (χ2v) is 4.28. The van der Waals surface area contributed by atoms with Gasteiger partial charge in [-0.1, -0.05) is 6.07 Å². The quantitative estimate of drug-likeness (QED) is 0.791. The van der Waals surface area contributed by atoms with Crippen LogP contribution in [0.5, 0.6) is 0 Å². The first-order valence-corrected chi connectivity index (χ1v) is 5.79. The highest BCUT2D eigenvalue weighted by atomic mass is 32.1. The molecule has 1 aliphatic heterocycles. The predicted octanol–water partition coefficient (Wildman–Crippen LogP) is 1.84. The Morgan fingerprint density at radius 3 is 3.00 bits per heavy atom. The maximum absolute atomic E-state index is 11.8. The Balaban J connectivity index is 2.25. The molecule has 3 nitrogen and oxygen atoms in total. The molecule has 1 aromatic carbocycles. The molecule has 0 aromatic heterocycles.